The summed E-state index contributed by atoms with van der Waals surface area (Å²) in [6.45, 7) is 0. The lowest BCUT2D eigenvalue weighted by atomic mass is 10.3. The topological polar surface area (TPSA) is 38.0 Å². The number of nitrogens with one attached hydrogen (secondary N) is 1. The van der Waals surface area contributed by atoms with E-state index in [9.17, 15) is 0 Å². The summed E-state index contributed by atoms with van der Waals surface area (Å²) >= 11 is 5.31. The molecule has 0 bridgehead atoms. The molecule has 19 heavy (non-hydrogen) atoms. The van der Waals surface area contributed by atoms with Crippen LogP contribution in [0.15, 0.2) is 54.6 Å². The second-order valence-corrected chi connectivity index (χ2v) is 4.71. The first-order valence-corrected chi connectivity index (χ1v) is 6.39. The van der Waals surface area contributed by atoms with Gasteiger partial charge in [0.25, 0.3) is 0 Å². The smallest absolute Gasteiger partial charge is 0.239 e. The SMILES string of the molecule is S=c1[nH]nc2n(-c3ccccc3)c3ccccc3n12. The van der Waals surface area contributed by atoms with Crippen LogP contribution in [0, 0.1) is 4.77 Å². The summed E-state index contributed by atoms with van der Waals surface area (Å²) in [6.07, 6.45) is 0. The molecule has 4 aromatic rings. The molecule has 2 aromatic heterocycles. The molecule has 0 aliphatic carbocycles. The first kappa shape index (κ1) is 10.5. The number of H-pyrrole nitrogens is 1. The second-order valence-electron chi connectivity index (χ2n) is 4.32. The number of hydrogen-bond donors (Lipinski definition) is 1. The molecule has 0 amide bonds. The maximum Gasteiger partial charge on any atom is 0.239 e. The van der Waals surface area contributed by atoms with Crippen molar-refractivity contribution in [3.63, 3.8) is 0 Å². The van der Waals surface area contributed by atoms with Gasteiger partial charge in [0.2, 0.25) is 10.5 Å². The zero-order valence-corrected chi connectivity index (χ0v) is 10.8. The van der Waals surface area contributed by atoms with Crippen LogP contribution in [0.1, 0.15) is 0 Å². The third-order valence-corrected chi connectivity index (χ3v) is 3.51. The fraction of sp³-hybridized carbons (Fsp3) is 0. The molecule has 0 saturated heterocycles. The predicted octanol–water partition coefficient (Wildman–Crippen LogP) is 3.34. The molecule has 4 nitrogen and oxygen atoms in total. The van der Waals surface area contributed by atoms with Crippen molar-refractivity contribution >= 4 is 29.0 Å². The van der Waals surface area contributed by atoms with Crippen molar-refractivity contribution in [2.24, 2.45) is 0 Å². The van der Waals surface area contributed by atoms with E-state index in [2.05, 4.69) is 33.0 Å². The van der Waals surface area contributed by atoms with Gasteiger partial charge in [0.15, 0.2) is 0 Å². The molecule has 0 fully saturated rings. The number of aromatic nitrogens is 4. The Labute approximate surface area is 113 Å². The molecule has 4 rings (SSSR count). The Hall–Kier alpha value is -2.40. The summed E-state index contributed by atoms with van der Waals surface area (Å²) in [7, 11) is 0. The summed E-state index contributed by atoms with van der Waals surface area (Å²) in [5.41, 5.74) is 3.22. The fourth-order valence-electron chi connectivity index (χ4n) is 2.44. The lowest BCUT2D eigenvalue weighted by Gasteiger charge is -2.03. The van der Waals surface area contributed by atoms with E-state index in [1.54, 1.807) is 0 Å². The zero-order valence-electron chi connectivity index (χ0n) is 9.95. The lowest BCUT2D eigenvalue weighted by Crippen LogP contribution is -1.94. The van der Waals surface area contributed by atoms with Crippen LogP contribution in [0.3, 0.4) is 0 Å². The number of rotatable bonds is 1. The Kier molecular flexibility index (Phi) is 2.10. The molecule has 92 valence electrons. The van der Waals surface area contributed by atoms with Crippen LogP contribution in [-0.2, 0) is 0 Å². The highest BCUT2D eigenvalue weighted by atomic mass is 32.1. The standard InChI is InChI=1S/C14H10N4S/c19-14-16-15-13-17(10-6-2-1-3-7-10)11-8-4-5-9-12(11)18(13)14/h1-9H,(H,16,19). The van der Waals surface area contributed by atoms with Gasteiger partial charge in [-0.05, 0) is 36.5 Å². The number of hydrogen-bond acceptors (Lipinski definition) is 2. The highest BCUT2D eigenvalue weighted by Crippen LogP contribution is 2.23. The quantitative estimate of drug-likeness (QED) is 0.537. The van der Waals surface area contributed by atoms with E-state index in [-0.39, 0.29) is 0 Å². The molecule has 0 radical (unpaired) electrons. The maximum atomic E-state index is 5.31. The van der Waals surface area contributed by atoms with Crippen molar-refractivity contribution in [1.82, 2.24) is 19.2 Å². The van der Waals surface area contributed by atoms with Gasteiger partial charge < -0.3 is 0 Å². The molecular formula is C14H10N4S. The first-order valence-electron chi connectivity index (χ1n) is 5.98. The van der Waals surface area contributed by atoms with Gasteiger partial charge in [0, 0.05) is 5.69 Å². The third kappa shape index (κ3) is 1.39. The molecule has 0 aliphatic heterocycles. The van der Waals surface area contributed by atoms with Crippen LogP contribution in [0.25, 0.3) is 22.5 Å². The maximum absolute atomic E-state index is 5.31. The van der Waals surface area contributed by atoms with Crippen LogP contribution in [0.5, 0.6) is 0 Å². The van der Waals surface area contributed by atoms with Crippen molar-refractivity contribution in [2.45, 2.75) is 0 Å². The van der Waals surface area contributed by atoms with Crippen LogP contribution in [-0.4, -0.2) is 19.2 Å². The molecule has 2 heterocycles. The van der Waals surface area contributed by atoms with Crippen molar-refractivity contribution in [2.75, 3.05) is 0 Å². The Morgan fingerprint density at radius 2 is 1.58 bits per heavy atom. The normalized spacial score (nSPS) is 11.4. The van der Waals surface area contributed by atoms with Crippen LogP contribution < -0.4 is 0 Å². The molecular weight excluding hydrogens is 256 g/mol. The van der Waals surface area contributed by atoms with E-state index in [4.69, 9.17) is 12.2 Å². The molecule has 5 heteroatoms. The number of benzene rings is 2. The summed E-state index contributed by atoms with van der Waals surface area (Å²) < 4.78 is 4.67. The summed E-state index contributed by atoms with van der Waals surface area (Å²) in [5.74, 6) is 0.803. The predicted molar refractivity (Wildman–Crippen MR) is 77.2 cm³/mol. The van der Waals surface area contributed by atoms with E-state index in [1.807, 2.05) is 40.8 Å². The van der Waals surface area contributed by atoms with Gasteiger partial charge in [-0.2, -0.15) is 0 Å². The number of fused-ring (bicyclic) bond motifs is 3. The van der Waals surface area contributed by atoms with Gasteiger partial charge in [-0.25, -0.2) is 5.10 Å². The molecule has 0 spiro atoms. The van der Waals surface area contributed by atoms with E-state index in [0.29, 0.717) is 4.77 Å². The van der Waals surface area contributed by atoms with E-state index >= 15 is 0 Å². The molecule has 0 unspecified atom stereocenters. The number of imidazole rings is 1. The van der Waals surface area contributed by atoms with Crippen LogP contribution >= 0.6 is 12.2 Å². The van der Waals surface area contributed by atoms with Crippen molar-refractivity contribution < 1.29 is 0 Å². The van der Waals surface area contributed by atoms with Gasteiger partial charge >= 0.3 is 0 Å². The third-order valence-electron chi connectivity index (χ3n) is 3.23. The van der Waals surface area contributed by atoms with Gasteiger partial charge in [-0.1, -0.05) is 30.3 Å². The largest absolute Gasteiger partial charge is 0.277 e. The van der Waals surface area contributed by atoms with E-state index in [0.717, 1.165) is 22.5 Å². The highest BCUT2D eigenvalue weighted by molar-refractivity contribution is 7.71. The minimum atomic E-state index is 0.612. The Bertz CT molecular complexity index is 930. The fourth-order valence-corrected chi connectivity index (χ4v) is 2.66. The Balaban J connectivity index is 2.27. The first-order chi connectivity index (χ1) is 9.36. The number of para-hydroxylation sites is 3. The second kappa shape index (κ2) is 3.80. The molecule has 1 N–H and O–H groups in total. The molecule has 2 aromatic carbocycles. The molecule has 0 saturated carbocycles. The summed E-state index contributed by atoms with van der Waals surface area (Å²) in [5, 5.41) is 7.19. The number of nitrogens with zero attached hydrogens (tertiary/aromatic N) is 3. The highest BCUT2D eigenvalue weighted by Gasteiger charge is 2.13. The van der Waals surface area contributed by atoms with Crippen molar-refractivity contribution in [3.8, 4) is 5.69 Å². The van der Waals surface area contributed by atoms with Gasteiger partial charge in [-0.15, -0.1) is 5.10 Å². The molecule has 0 atom stereocenters. The van der Waals surface area contributed by atoms with Crippen molar-refractivity contribution in [3.05, 3.63) is 59.4 Å². The van der Waals surface area contributed by atoms with E-state index in [1.165, 1.54) is 0 Å². The summed E-state index contributed by atoms with van der Waals surface area (Å²) in [4.78, 5) is 0. The molecule has 0 aliphatic rings. The van der Waals surface area contributed by atoms with Crippen LogP contribution in [0.2, 0.25) is 0 Å². The average molecular weight is 266 g/mol. The van der Waals surface area contributed by atoms with Gasteiger partial charge in [-0.3, -0.25) is 8.97 Å². The Morgan fingerprint density at radius 3 is 2.37 bits per heavy atom. The summed E-state index contributed by atoms with van der Waals surface area (Å²) in [6, 6.07) is 18.3. The minimum absolute atomic E-state index is 0.612. The van der Waals surface area contributed by atoms with Crippen LogP contribution in [0.4, 0.5) is 0 Å². The average Bonchev–Trinajstić information content (AvgIpc) is 2.98. The van der Waals surface area contributed by atoms with Gasteiger partial charge in [0.05, 0.1) is 11.0 Å². The van der Waals surface area contributed by atoms with Crippen molar-refractivity contribution in [1.29, 1.82) is 0 Å². The zero-order chi connectivity index (χ0) is 12.8. The number of aromatic amines is 1. The monoisotopic (exact) mass is 266 g/mol. The lowest BCUT2D eigenvalue weighted by molar-refractivity contribution is 1.05. The van der Waals surface area contributed by atoms with E-state index < -0.39 is 0 Å². The van der Waals surface area contributed by atoms with Gasteiger partial charge in [0.1, 0.15) is 0 Å². The Morgan fingerprint density at radius 1 is 0.895 bits per heavy atom. The minimum Gasteiger partial charge on any atom is -0.277 e.